The second-order valence-electron chi connectivity index (χ2n) is 3.06. The quantitative estimate of drug-likeness (QED) is 0.770. The topological polar surface area (TPSA) is 64.0 Å². The Kier molecular flexibility index (Phi) is 2.77. The van der Waals surface area contributed by atoms with Crippen LogP contribution < -0.4 is 11.0 Å². The van der Waals surface area contributed by atoms with E-state index in [1.54, 1.807) is 24.4 Å². The van der Waals surface area contributed by atoms with Crippen molar-refractivity contribution in [3.63, 3.8) is 0 Å². The van der Waals surface area contributed by atoms with Crippen LogP contribution in [0.2, 0.25) is 0 Å². The molecule has 0 aliphatic heterocycles. The first kappa shape index (κ1) is 10.1. The summed E-state index contributed by atoms with van der Waals surface area (Å²) in [5.74, 6) is 0.243. The van der Waals surface area contributed by atoms with Crippen molar-refractivity contribution in [1.82, 2.24) is 9.55 Å². The van der Waals surface area contributed by atoms with Gasteiger partial charge in [-0.15, -0.1) is 0 Å². The molecule has 0 bridgehead atoms. The van der Waals surface area contributed by atoms with Gasteiger partial charge in [-0.3, -0.25) is 9.36 Å². The second-order valence-corrected chi connectivity index (χ2v) is 3.06. The average Bonchev–Trinajstić information content (AvgIpc) is 2.31. The highest BCUT2D eigenvalue weighted by atomic mass is 16.1. The third kappa shape index (κ3) is 1.98. The molecule has 0 fully saturated rings. The molecule has 0 aliphatic rings. The molecular formula is C11H9N3O2. The summed E-state index contributed by atoms with van der Waals surface area (Å²) in [5.41, 5.74) is 0.302. The van der Waals surface area contributed by atoms with E-state index in [2.05, 4.69) is 10.3 Å². The van der Waals surface area contributed by atoms with Crippen LogP contribution in [-0.2, 0) is 4.79 Å². The highest BCUT2D eigenvalue weighted by Crippen LogP contribution is 2.04. The lowest BCUT2D eigenvalue weighted by atomic mass is 10.3. The molecule has 2 rings (SSSR count). The normalized spacial score (nSPS) is 9.75. The lowest BCUT2D eigenvalue weighted by molar-refractivity contribution is -0.105. The van der Waals surface area contributed by atoms with Gasteiger partial charge in [0.2, 0.25) is 6.41 Å². The molecule has 5 heteroatoms. The number of para-hydroxylation sites is 1. The molecule has 1 heterocycles. The van der Waals surface area contributed by atoms with Crippen molar-refractivity contribution in [3.05, 3.63) is 53.1 Å². The summed E-state index contributed by atoms with van der Waals surface area (Å²) in [6.07, 6.45) is 2.05. The summed E-state index contributed by atoms with van der Waals surface area (Å²) < 4.78 is 1.40. The molecule has 16 heavy (non-hydrogen) atoms. The molecule has 1 amide bonds. The minimum atomic E-state index is -0.432. The van der Waals surface area contributed by atoms with E-state index < -0.39 is 5.69 Å². The maximum absolute atomic E-state index is 11.6. The maximum atomic E-state index is 11.6. The zero-order valence-electron chi connectivity index (χ0n) is 8.33. The fourth-order valence-electron chi connectivity index (χ4n) is 1.33. The largest absolute Gasteiger partial charge is 0.354 e. The number of nitrogens with zero attached hydrogens (tertiary/aromatic N) is 2. The van der Waals surface area contributed by atoms with Crippen molar-refractivity contribution < 1.29 is 4.79 Å². The minimum Gasteiger partial charge on any atom is -0.313 e. The lowest BCUT2D eigenvalue weighted by Crippen LogP contribution is -2.21. The van der Waals surface area contributed by atoms with Crippen molar-refractivity contribution in [2.45, 2.75) is 0 Å². The fourth-order valence-corrected chi connectivity index (χ4v) is 1.33. The van der Waals surface area contributed by atoms with Gasteiger partial charge in [0, 0.05) is 6.20 Å². The standard InChI is InChI=1S/C11H9N3O2/c15-8-12-10-6-7-14(11(16)13-10)9-4-2-1-3-5-9/h1-8H,(H,12,13,15,16). The molecule has 0 radical (unpaired) electrons. The second kappa shape index (κ2) is 4.39. The molecule has 0 unspecified atom stereocenters. The molecule has 0 atom stereocenters. The fraction of sp³-hybridized carbons (Fsp3) is 0. The number of rotatable bonds is 3. The molecule has 1 aromatic carbocycles. The third-order valence-electron chi connectivity index (χ3n) is 2.04. The smallest absolute Gasteiger partial charge is 0.313 e. The molecule has 0 saturated heterocycles. The molecule has 80 valence electrons. The Morgan fingerprint density at radius 2 is 1.94 bits per heavy atom. The van der Waals surface area contributed by atoms with Crippen LogP contribution in [0.4, 0.5) is 5.82 Å². The molecule has 1 aromatic heterocycles. The van der Waals surface area contributed by atoms with Crippen LogP contribution in [0.1, 0.15) is 0 Å². The molecule has 2 aromatic rings. The van der Waals surface area contributed by atoms with Crippen LogP contribution in [-0.4, -0.2) is 16.0 Å². The number of aromatic nitrogens is 2. The first-order valence-corrected chi connectivity index (χ1v) is 4.66. The molecular weight excluding hydrogens is 206 g/mol. The summed E-state index contributed by atoms with van der Waals surface area (Å²) in [6, 6.07) is 10.7. The molecule has 0 saturated carbocycles. The van der Waals surface area contributed by atoms with Crippen molar-refractivity contribution in [3.8, 4) is 5.69 Å². The number of amides is 1. The first-order valence-electron chi connectivity index (χ1n) is 4.66. The Morgan fingerprint density at radius 1 is 1.19 bits per heavy atom. The van der Waals surface area contributed by atoms with Crippen molar-refractivity contribution in [2.24, 2.45) is 0 Å². The molecule has 5 nitrogen and oxygen atoms in total. The maximum Gasteiger partial charge on any atom is 0.354 e. The van der Waals surface area contributed by atoms with E-state index in [4.69, 9.17) is 0 Å². The van der Waals surface area contributed by atoms with Gasteiger partial charge in [-0.2, -0.15) is 4.98 Å². The Morgan fingerprint density at radius 3 is 2.56 bits per heavy atom. The molecule has 0 aliphatic carbocycles. The van der Waals surface area contributed by atoms with Gasteiger partial charge in [0.15, 0.2) is 0 Å². The predicted molar refractivity (Wildman–Crippen MR) is 59.5 cm³/mol. The predicted octanol–water partition coefficient (Wildman–Crippen LogP) is 0.801. The van der Waals surface area contributed by atoms with Crippen molar-refractivity contribution in [1.29, 1.82) is 0 Å². The number of carbonyl (C=O) groups excluding carboxylic acids is 1. The summed E-state index contributed by atoms with van der Waals surface area (Å²) in [6.45, 7) is 0. The van der Waals surface area contributed by atoms with Crippen LogP contribution in [0, 0.1) is 0 Å². The molecule has 1 N–H and O–H groups in total. The number of carbonyl (C=O) groups is 1. The van der Waals surface area contributed by atoms with Crippen LogP contribution >= 0.6 is 0 Å². The van der Waals surface area contributed by atoms with Gasteiger partial charge in [-0.25, -0.2) is 4.79 Å². The minimum absolute atomic E-state index is 0.243. The lowest BCUT2D eigenvalue weighted by Gasteiger charge is -2.04. The van der Waals surface area contributed by atoms with Gasteiger partial charge >= 0.3 is 5.69 Å². The number of hydrogen-bond donors (Lipinski definition) is 1. The number of benzene rings is 1. The van der Waals surface area contributed by atoms with E-state index >= 15 is 0 Å². The van der Waals surface area contributed by atoms with E-state index in [1.165, 1.54) is 4.57 Å². The summed E-state index contributed by atoms with van der Waals surface area (Å²) >= 11 is 0. The van der Waals surface area contributed by atoms with E-state index in [1.807, 2.05) is 18.2 Å². The molecule has 0 spiro atoms. The van der Waals surface area contributed by atoms with Crippen LogP contribution in [0.5, 0.6) is 0 Å². The Hall–Kier alpha value is -2.43. The van der Waals surface area contributed by atoms with Gasteiger partial charge in [0.05, 0.1) is 5.69 Å². The monoisotopic (exact) mass is 215 g/mol. The van der Waals surface area contributed by atoms with Gasteiger partial charge in [-0.05, 0) is 18.2 Å². The number of nitrogens with one attached hydrogen (secondary N) is 1. The van der Waals surface area contributed by atoms with Crippen molar-refractivity contribution in [2.75, 3.05) is 5.32 Å². The number of hydrogen-bond acceptors (Lipinski definition) is 3. The van der Waals surface area contributed by atoms with Gasteiger partial charge in [0.25, 0.3) is 0 Å². The van der Waals surface area contributed by atoms with Crippen LogP contribution in [0.3, 0.4) is 0 Å². The highest BCUT2D eigenvalue weighted by Gasteiger charge is 2.00. The Labute approximate surface area is 91.4 Å². The first-order chi connectivity index (χ1) is 7.81. The van der Waals surface area contributed by atoms with Crippen LogP contribution in [0.25, 0.3) is 5.69 Å². The summed E-state index contributed by atoms with van der Waals surface area (Å²) in [7, 11) is 0. The van der Waals surface area contributed by atoms with Gasteiger partial charge < -0.3 is 5.32 Å². The summed E-state index contributed by atoms with van der Waals surface area (Å²) in [4.78, 5) is 25.5. The third-order valence-corrected chi connectivity index (χ3v) is 2.04. The average molecular weight is 215 g/mol. The highest BCUT2D eigenvalue weighted by molar-refractivity contribution is 5.68. The van der Waals surface area contributed by atoms with E-state index in [-0.39, 0.29) is 5.82 Å². The Balaban J connectivity index is 2.45. The van der Waals surface area contributed by atoms with Gasteiger partial charge in [-0.1, -0.05) is 18.2 Å². The van der Waals surface area contributed by atoms with Crippen molar-refractivity contribution >= 4 is 12.2 Å². The van der Waals surface area contributed by atoms with E-state index in [9.17, 15) is 9.59 Å². The SMILES string of the molecule is O=CNc1ccn(-c2ccccc2)c(=O)n1. The zero-order chi connectivity index (χ0) is 11.4. The Bertz CT molecular complexity index is 549. The summed E-state index contributed by atoms with van der Waals surface area (Å²) in [5, 5.41) is 2.32. The van der Waals surface area contributed by atoms with Crippen LogP contribution in [0.15, 0.2) is 47.4 Å². The number of anilines is 1. The van der Waals surface area contributed by atoms with Gasteiger partial charge in [0.1, 0.15) is 5.82 Å². The van der Waals surface area contributed by atoms with E-state index in [0.717, 1.165) is 5.69 Å². The van der Waals surface area contributed by atoms with E-state index in [0.29, 0.717) is 6.41 Å². The zero-order valence-corrected chi connectivity index (χ0v) is 8.33.